The molecule has 3 rings (SSSR count). The number of pyridine rings is 1. The third-order valence-electron chi connectivity index (χ3n) is 4.46. The molecule has 1 saturated carbocycles. The molecule has 2 aromatic rings. The molecule has 22 heavy (non-hydrogen) atoms. The lowest BCUT2D eigenvalue weighted by Gasteiger charge is -2.14. The summed E-state index contributed by atoms with van der Waals surface area (Å²) in [5.74, 6) is 0.0457. The maximum Gasteiger partial charge on any atom is 0.253 e. The summed E-state index contributed by atoms with van der Waals surface area (Å²) in [6, 6.07) is 10.1. The quantitative estimate of drug-likeness (QED) is 0.943. The topological polar surface area (TPSA) is 51.1 Å². The number of fused-ring (bicyclic) bond motifs is 1. The lowest BCUT2D eigenvalue weighted by molar-refractivity contribution is -0.121. The first-order valence-electron chi connectivity index (χ1n) is 8.04. The van der Waals surface area contributed by atoms with E-state index in [4.69, 9.17) is 0 Å². The van der Waals surface area contributed by atoms with Crippen LogP contribution in [0.4, 0.5) is 0 Å². The number of hydrogen-bond acceptors (Lipinski definition) is 2. The van der Waals surface area contributed by atoms with E-state index >= 15 is 0 Å². The number of benzene rings is 1. The molecule has 1 N–H and O–H groups in total. The molecule has 1 heterocycles. The van der Waals surface area contributed by atoms with Crippen molar-refractivity contribution in [3.05, 3.63) is 46.2 Å². The van der Waals surface area contributed by atoms with Gasteiger partial charge in [-0.05, 0) is 37.3 Å². The monoisotopic (exact) mass is 298 g/mol. The molecule has 0 unspecified atom stereocenters. The Bertz CT molecular complexity index is 742. The smallest absolute Gasteiger partial charge is 0.253 e. The van der Waals surface area contributed by atoms with Crippen molar-refractivity contribution in [2.24, 2.45) is 0 Å². The predicted octanol–water partition coefficient (Wildman–Crippen LogP) is 2.76. The van der Waals surface area contributed by atoms with Crippen LogP contribution >= 0.6 is 0 Å². The van der Waals surface area contributed by atoms with E-state index in [0.29, 0.717) is 19.0 Å². The molecular formula is C18H22N2O2. The molecular weight excluding hydrogens is 276 g/mol. The SMILES string of the molecule is Cc1cc2ccccc2n(CCC(=O)NC2CCCC2)c1=O. The molecule has 1 aromatic heterocycles. The highest BCUT2D eigenvalue weighted by atomic mass is 16.2. The van der Waals surface area contributed by atoms with Crippen LogP contribution in [-0.4, -0.2) is 16.5 Å². The first kappa shape index (κ1) is 14.8. The van der Waals surface area contributed by atoms with Crippen LogP contribution < -0.4 is 10.9 Å². The average Bonchev–Trinajstić information content (AvgIpc) is 3.00. The standard InChI is InChI=1S/C18H22N2O2/c1-13-12-14-6-2-5-9-16(14)20(18(13)22)11-10-17(21)19-15-7-3-4-8-15/h2,5-6,9,12,15H,3-4,7-8,10-11H2,1H3,(H,19,21). The van der Waals surface area contributed by atoms with E-state index < -0.39 is 0 Å². The van der Waals surface area contributed by atoms with Crippen molar-refractivity contribution in [2.75, 3.05) is 0 Å². The van der Waals surface area contributed by atoms with E-state index in [-0.39, 0.29) is 11.5 Å². The van der Waals surface area contributed by atoms with Crippen LogP contribution in [0.2, 0.25) is 0 Å². The summed E-state index contributed by atoms with van der Waals surface area (Å²) in [6.07, 6.45) is 4.92. The van der Waals surface area contributed by atoms with Gasteiger partial charge in [0, 0.05) is 24.6 Å². The van der Waals surface area contributed by atoms with Crippen LogP contribution in [0.25, 0.3) is 10.9 Å². The maximum atomic E-state index is 12.4. The van der Waals surface area contributed by atoms with Gasteiger partial charge in [-0.3, -0.25) is 9.59 Å². The van der Waals surface area contributed by atoms with Gasteiger partial charge in [0.2, 0.25) is 5.91 Å². The lowest BCUT2D eigenvalue weighted by atomic mass is 10.1. The fraction of sp³-hybridized carbons (Fsp3) is 0.444. The summed E-state index contributed by atoms with van der Waals surface area (Å²) in [6.45, 7) is 2.25. The number of carbonyl (C=O) groups is 1. The van der Waals surface area contributed by atoms with Crippen molar-refractivity contribution in [3.63, 3.8) is 0 Å². The third-order valence-corrected chi connectivity index (χ3v) is 4.46. The number of para-hydroxylation sites is 1. The summed E-state index contributed by atoms with van der Waals surface area (Å²) in [5, 5.41) is 4.11. The minimum atomic E-state index is -0.00707. The van der Waals surface area contributed by atoms with Crippen molar-refractivity contribution in [1.82, 2.24) is 9.88 Å². The van der Waals surface area contributed by atoms with E-state index in [1.165, 1.54) is 12.8 Å². The minimum absolute atomic E-state index is 0.00707. The second kappa shape index (κ2) is 6.34. The zero-order chi connectivity index (χ0) is 15.5. The van der Waals surface area contributed by atoms with E-state index in [1.54, 1.807) is 4.57 Å². The Morgan fingerprint density at radius 1 is 1.27 bits per heavy atom. The summed E-state index contributed by atoms with van der Waals surface area (Å²) >= 11 is 0. The fourth-order valence-electron chi connectivity index (χ4n) is 3.28. The Hall–Kier alpha value is -2.10. The highest BCUT2D eigenvalue weighted by Gasteiger charge is 2.17. The van der Waals surface area contributed by atoms with E-state index in [2.05, 4.69) is 5.32 Å². The van der Waals surface area contributed by atoms with Gasteiger partial charge < -0.3 is 9.88 Å². The van der Waals surface area contributed by atoms with E-state index in [9.17, 15) is 9.59 Å². The van der Waals surface area contributed by atoms with Crippen LogP contribution in [0.3, 0.4) is 0 Å². The third kappa shape index (κ3) is 3.06. The van der Waals surface area contributed by atoms with E-state index in [0.717, 1.165) is 29.3 Å². The van der Waals surface area contributed by atoms with Crippen LogP contribution in [0, 0.1) is 6.92 Å². The lowest BCUT2D eigenvalue weighted by Crippen LogP contribution is -2.34. The Labute approximate surface area is 130 Å². The number of aryl methyl sites for hydroxylation is 2. The molecule has 1 aliphatic rings. The molecule has 0 atom stereocenters. The van der Waals surface area contributed by atoms with Crippen LogP contribution in [0.1, 0.15) is 37.7 Å². The highest BCUT2D eigenvalue weighted by Crippen LogP contribution is 2.18. The van der Waals surface area contributed by atoms with Gasteiger partial charge in [0.1, 0.15) is 0 Å². The molecule has 4 heteroatoms. The Balaban J connectivity index is 1.77. The molecule has 4 nitrogen and oxygen atoms in total. The van der Waals surface area contributed by atoms with Gasteiger partial charge in [-0.1, -0.05) is 31.0 Å². The number of hydrogen-bond donors (Lipinski definition) is 1. The summed E-state index contributed by atoms with van der Waals surface area (Å²) in [4.78, 5) is 24.4. The molecule has 0 bridgehead atoms. The van der Waals surface area contributed by atoms with Gasteiger partial charge in [-0.25, -0.2) is 0 Å². The molecule has 1 aromatic carbocycles. The molecule has 1 aliphatic carbocycles. The van der Waals surface area contributed by atoms with Gasteiger partial charge in [-0.15, -0.1) is 0 Å². The summed E-state index contributed by atoms with van der Waals surface area (Å²) in [7, 11) is 0. The molecule has 1 fully saturated rings. The van der Waals surface area contributed by atoms with Crippen LogP contribution in [0.15, 0.2) is 35.1 Å². The number of nitrogens with zero attached hydrogens (tertiary/aromatic N) is 1. The summed E-state index contributed by atoms with van der Waals surface area (Å²) < 4.78 is 1.72. The first-order valence-corrected chi connectivity index (χ1v) is 8.04. The zero-order valence-corrected chi connectivity index (χ0v) is 13.0. The van der Waals surface area contributed by atoms with Crippen molar-refractivity contribution < 1.29 is 4.79 Å². The van der Waals surface area contributed by atoms with Crippen LogP contribution in [0.5, 0.6) is 0 Å². The number of carbonyl (C=O) groups excluding carboxylic acids is 1. The molecule has 116 valence electrons. The highest BCUT2D eigenvalue weighted by molar-refractivity contribution is 5.80. The van der Waals surface area contributed by atoms with Gasteiger partial charge in [-0.2, -0.15) is 0 Å². The second-order valence-corrected chi connectivity index (χ2v) is 6.14. The van der Waals surface area contributed by atoms with Crippen molar-refractivity contribution >= 4 is 16.8 Å². The number of aromatic nitrogens is 1. The second-order valence-electron chi connectivity index (χ2n) is 6.14. The van der Waals surface area contributed by atoms with Gasteiger partial charge in [0.15, 0.2) is 0 Å². The number of amides is 1. The molecule has 0 saturated heterocycles. The van der Waals surface area contributed by atoms with Crippen molar-refractivity contribution in [3.8, 4) is 0 Å². The Morgan fingerprint density at radius 2 is 2.00 bits per heavy atom. The molecule has 0 radical (unpaired) electrons. The van der Waals surface area contributed by atoms with Crippen LogP contribution in [-0.2, 0) is 11.3 Å². The van der Waals surface area contributed by atoms with Gasteiger partial charge >= 0.3 is 0 Å². The molecule has 0 spiro atoms. The maximum absolute atomic E-state index is 12.4. The molecule has 0 aliphatic heterocycles. The zero-order valence-electron chi connectivity index (χ0n) is 13.0. The largest absolute Gasteiger partial charge is 0.353 e. The van der Waals surface area contributed by atoms with Crippen molar-refractivity contribution in [2.45, 2.75) is 51.6 Å². The van der Waals surface area contributed by atoms with E-state index in [1.807, 2.05) is 37.3 Å². The first-order chi connectivity index (χ1) is 10.6. The minimum Gasteiger partial charge on any atom is -0.353 e. The summed E-state index contributed by atoms with van der Waals surface area (Å²) in [5.41, 5.74) is 1.61. The Morgan fingerprint density at radius 3 is 2.77 bits per heavy atom. The molecule has 1 amide bonds. The van der Waals surface area contributed by atoms with Crippen molar-refractivity contribution in [1.29, 1.82) is 0 Å². The van der Waals surface area contributed by atoms with Gasteiger partial charge in [0.05, 0.1) is 5.52 Å². The Kier molecular flexibility index (Phi) is 4.27. The van der Waals surface area contributed by atoms with Gasteiger partial charge in [0.25, 0.3) is 5.56 Å². The number of nitrogens with one attached hydrogen (secondary N) is 1. The predicted molar refractivity (Wildman–Crippen MR) is 88.0 cm³/mol. The average molecular weight is 298 g/mol. The fourth-order valence-corrected chi connectivity index (χ4v) is 3.28. The number of rotatable bonds is 4. The normalized spacial score (nSPS) is 15.3.